The van der Waals surface area contributed by atoms with E-state index in [0.717, 1.165) is 0 Å². The van der Waals surface area contributed by atoms with Crippen LogP contribution >= 0.6 is 0 Å². The number of carbonyl (C=O) groups is 1. The highest BCUT2D eigenvalue weighted by Crippen LogP contribution is 2.06. The van der Waals surface area contributed by atoms with Crippen LogP contribution in [0.3, 0.4) is 0 Å². The number of nitrogens with one attached hydrogen (secondary N) is 1. The van der Waals surface area contributed by atoms with Crippen LogP contribution in [0.4, 0.5) is 4.39 Å². The highest BCUT2D eigenvalue weighted by Gasteiger charge is 2.17. The Balaban J connectivity index is 2.48. The number of aliphatic hydroxyl groups is 1. The van der Waals surface area contributed by atoms with Crippen LogP contribution in [-0.2, 0) is 11.3 Å². The first-order valence-electron chi connectivity index (χ1n) is 5.88. The second-order valence-corrected chi connectivity index (χ2v) is 4.19. The second-order valence-electron chi connectivity index (χ2n) is 4.19. The molecule has 0 aliphatic rings. The van der Waals surface area contributed by atoms with E-state index in [9.17, 15) is 9.18 Å². The van der Waals surface area contributed by atoms with Gasteiger partial charge in [0.25, 0.3) is 0 Å². The molecule has 4 nitrogen and oxygen atoms in total. The molecule has 0 fully saturated rings. The number of benzene rings is 1. The van der Waals surface area contributed by atoms with E-state index in [1.165, 1.54) is 6.07 Å². The molecule has 0 bridgehead atoms. The van der Waals surface area contributed by atoms with Crippen LogP contribution < -0.4 is 5.32 Å². The normalized spacial score (nSPS) is 12.5. The molecule has 0 aliphatic heterocycles. The third-order valence-corrected chi connectivity index (χ3v) is 2.90. The number of halogens is 1. The predicted molar refractivity (Wildman–Crippen MR) is 67.4 cm³/mol. The average molecular weight is 254 g/mol. The van der Waals surface area contributed by atoms with Crippen molar-refractivity contribution in [3.8, 4) is 0 Å². The number of hydrogen-bond donors (Lipinski definition) is 2. The molecule has 1 amide bonds. The van der Waals surface area contributed by atoms with Gasteiger partial charge in [0.05, 0.1) is 12.6 Å². The van der Waals surface area contributed by atoms with Gasteiger partial charge in [-0.3, -0.25) is 9.69 Å². The number of carbonyl (C=O) groups excluding carboxylic acids is 1. The number of rotatable bonds is 6. The zero-order valence-electron chi connectivity index (χ0n) is 10.7. The minimum absolute atomic E-state index is 0.00142. The molecule has 1 rings (SSSR count). The van der Waals surface area contributed by atoms with E-state index in [4.69, 9.17) is 5.11 Å². The van der Waals surface area contributed by atoms with Crippen molar-refractivity contribution in [1.82, 2.24) is 10.2 Å². The molecule has 0 saturated carbocycles. The van der Waals surface area contributed by atoms with Gasteiger partial charge in [0.2, 0.25) is 5.91 Å². The summed E-state index contributed by atoms with van der Waals surface area (Å²) < 4.78 is 13.3. The third-order valence-electron chi connectivity index (χ3n) is 2.90. The fraction of sp³-hybridized carbons (Fsp3) is 0.462. The van der Waals surface area contributed by atoms with E-state index in [1.807, 2.05) is 0 Å². The summed E-state index contributed by atoms with van der Waals surface area (Å²) >= 11 is 0. The summed E-state index contributed by atoms with van der Waals surface area (Å²) in [5.74, 6) is -0.511. The van der Waals surface area contributed by atoms with Crippen molar-refractivity contribution < 1.29 is 14.3 Å². The Bertz CT molecular complexity index is 398. The van der Waals surface area contributed by atoms with Gasteiger partial charge in [-0.1, -0.05) is 18.2 Å². The second kappa shape index (κ2) is 7.08. The number of nitrogens with zero attached hydrogens (tertiary/aromatic N) is 1. The van der Waals surface area contributed by atoms with Crippen molar-refractivity contribution in [3.05, 3.63) is 35.6 Å². The van der Waals surface area contributed by atoms with Crippen LogP contribution in [0.5, 0.6) is 0 Å². The highest BCUT2D eigenvalue weighted by atomic mass is 19.1. The Morgan fingerprint density at radius 3 is 2.78 bits per heavy atom. The van der Waals surface area contributed by atoms with Crippen molar-refractivity contribution in [1.29, 1.82) is 0 Å². The van der Waals surface area contributed by atoms with Gasteiger partial charge in [-0.05, 0) is 20.0 Å². The lowest BCUT2D eigenvalue weighted by molar-refractivity contribution is -0.125. The molecule has 0 radical (unpaired) electrons. The maximum Gasteiger partial charge on any atom is 0.237 e. The van der Waals surface area contributed by atoms with Gasteiger partial charge in [-0.2, -0.15) is 0 Å². The predicted octanol–water partition coefficient (Wildman–Crippen LogP) is 0.754. The van der Waals surface area contributed by atoms with Crippen LogP contribution in [0.1, 0.15) is 12.5 Å². The quantitative estimate of drug-likeness (QED) is 0.788. The summed E-state index contributed by atoms with van der Waals surface area (Å²) in [6, 6.07) is 5.98. The van der Waals surface area contributed by atoms with E-state index >= 15 is 0 Å². The van der Waals surface area contributed by atoms with Crippen molar-refractivity contribution in [2.24, 2.45) is 0 Å². The van der Waals surface area contributed by atoms with E-state index in [2.05, 4.69) is 5.32 Å². The summed E-state index contributed by atoms with van der Waals surface area (Å²) in [6.07, 6.45) is 0. The maximum absolute atomic E-state index is 13.3. The minimum atomic E-state index is -0.357. The molecule has 0 heterocycles. The summed E-state index contributed by atoms with van der Waals surface area (Å²) in [4.78, 5) is 13.5. The molecule has 1 aromatic rings. The minimum Gasteiger partial charge on any atom is -0.395 e. The Kier molecular flexibility index (Phi) is 5.74. The Morgan fingerprint density at radius 1 is 1.50 bits per heavy atom. The first-order valence-corrected chi connectivity index (χ1v) is 5.88. The van der Waals surface area contributed by atoms with Gasteiger partial charge < -0.3 is 10.4 Å². The average Bonchev–Trinajstić information content (AvgIpc) is 2.36. The number of amides is 1. The lowest BCUT2D eigenvalue weighted by Gasteiger charge is -2.22. The van der Waals surface area contributed by atoms with Gasteiger partial charge in [-0.15, -0.1) is 0 Å². The van der Waals surface area contributed by atoms with Gasteiger partial charge in [0.1, 0.15) is 5.82 Å². The number of likely N-dealkylation sites (N-methyl/N-ethyl adjacent to an activating group) is 1. The lowest BCUT2D eigenvalue weighted by atomic mass is 10.2. The van der Waals surface area contributed by atoms with E-state index < -0.39 is 0 Å². The smallest absolute Gasteiger partial charge is 0.237 e. The van der Waals surface area contributed by atoms with E-state index in [-0.39, 0.29) is 30.9 Å². The van der Waals surface area contributed by atoms with Gasteiger partial charge >= 0.3 is 0 Å². The largest absolute Gasteiger partial charge is 0.395 e. The molecule has 1 atom stereocenters. The fourth-order valence-electron chi connectivity index (χ4n) is 1.52. The first-order chi connectivity index (χ1) is 8.56. The molecule has 5 heteroatoms. The fourth-order valence-corrected chi connectivity index (χ4v) is 1.52. The Hall–Kier alpha value is -1.46. The molecule has 0 aliphatic carbocycles. The molecule has 0 aromatic heterocycles. The summed E-state index contributed by atoms with van der Waals surface area (Å²) in [5.41, 5.74) is 0.461. The van der Waals surface area contributed by atoms with Crippen molar-refractivity contribution in [3.63, 3.8) is 0 Å². The molecular formula is C13H19FN2O2. The van der Waals surface area contributed by atoms with Crippen LogP contribution in [0.25, 0.3) is 0 Å². The molecule has 1 unspecified atom stereocenters. The highest BCUT2D eigenvalue weighted by molar-refractivity contribution is 5.81. The zero-order chi connectivity index (χ0) is 13.5. The summed E-state index contributed by atoms with van der Waals surface area (Å²) in [7, 11) is 1.75. The number of aliphatic hydroxyl groups excluding tert-OH is 1. The Morgan fingerprint density at radius 2 is 2.17 bits per heavy atom. The molecule has 2 N–H and O–H groups in total. The van der Waals surface area contributed by atoms with Gasteiger partial charge in [0, 0.05) is 18.7 Å². The molecular weight excluding hydrogens is 235 g/mol. The van der Waals surface area contributed by atoms with E-state index in [0.29, 0.717) is 12.1 Å². The Labute approximate surface area is 106 Å². The number of hydrogen-bond acceptors (Lipinski definition) is 3. The summed E-state index contributed by atoms with van der Waals surface area (Å²) in [5, 5.41) is 11.5. The van der Waals surface area contributed by atoms with Gasteiger partial charge in [-0.25, -0.2) is 4.39 Å². The van der Waals surface area contributed by atoms with Crippen LogP contribution in [0.15, 0.2) is 24.3 Å². The molecule has 18 heavy (non-hydrogen) atoms. The van der Waals surface area contributed by atoms with Crippen molar-refractivity contribution in [2.45, 2.75) is 19.5 Å². The SMILES string of the molecule is CC(C(=O)NCc1ccccc1F)N(C)CCO. The molecule has 0 spiro atoms. The third kappa shape index (κ3) is 4.09. The van der Waals surface area contributed by atoms with Crippen molar-refractivity contribution >= 4 is 5.91 Å². The zero-order valence-corrected chi connectivity index (χ0v) is 10.7. The first kappa shape index (κ1) is 14.6. The van der Waals surface area contributed by atoms with Crippen LogP contribution in [0, 0.1) is 5.82 Å². The van der Waals surface area contributed by atoms with Crippen LogP contribution in [0.2, 0.25) is 0 Å². The van der Waals surface area contributed by atoms with Gasteiger partial charge in [0.15, 0.2) is 0 Å². The molecule has 1 aromatic carbocycles. The van der Waals surface area contributed by atoms with Crippen LogP contribution in [-0.4, -0.2) is 42.2 Å². The lowest BCUT2D eigenvalue weighted by Crippen LogP contribution is -2.44. The van der Waals surface area contributed by atoms with Crippen molar-refractivity contribution in [2.75, 3.05) is 20.2 Å². The standard InChI is InChI=1S/C13H19FN2O2/c1-10(16(2)7-8-17)13(18)15-9-11-5-3-4-6-12(11)14/h3-6,10,17H,7-9H2,1-2H3,(H,15,18). The monoisotopic (exact) mass is 254 g/mol. The summed E-state index contributed by atoms with van der Waals surface area (Å²) in [6.45, 7) is 2.34. The molecule has 0 saturated heterocycles. The topological polar surface area (TPSA) is 52.6 Å². The van der Waals surface area contributed by atoms with E-state index in [1.54, 1.807) is 37.1 Å². The molecule has 100 valence electrons. The maximum atomic E-state index is 13.3.